The Morgan fingerprint density at radius 1 is 1.30 bits per heavy atom. The molecule has 1 aromatic heterocycles. The van der Waals surface area contributed by atoms with Gasteiger partial charge in [0.05, 0.1) is 17.3 Å². The number of benzene rings is 1. The highest BCUT2D eigenvalue weighted by molar-refractivity contribution is 14.0. The number of nitrogens with zero attached hydrogens (tertiary/aromatic N) is 3. The van der Waals surface area contributed by atoms with Crippen LogP contribution in [0.3, 0.4) is 0 Å². The van der Waals surface area contributed by atoms with Crippen molar-refractivity contribution in [1.82, 2.24) is 15.2 Å². The van der Waals surface area contributed by atoms with Crippen LogP contribution in [0.5, 0.6) is 5.75 Å². The highest BCUT2D eigenvalue weighted by Gasteiger charge is 2.09. The van der Waals surface area contributed by atoms with E-state index in [0.29, 0.717) is 12.5 Å². The molecule has 2 aromatic rings. The summed E-state index contributed by atoms with van der Waals surface area (Å²) in [5, 5.41) is 6.79. The summed E-state index contributed by atoms with van der Waals surface area (Å²) in [7, 11) is 3.86. The first kappa shape index (κ1) is 23.7. The lowest BCUT2D eigenvalue weighted by Crippen LogP contribution is -2.39. The maximum Gasteiger partial charge on any atom is 0.193 e. The Morgan fingerprint density at radius 2 is 2.00 bits per heavy atom. The number of aromatic nitrogens is 1. The summed E-state index contributed by atoms with van der Waals surface area (Å²) in [5.41, 5.74) is 2.37. The summed E-state index contributed by atoms with van der Waals surface area (Å²) in [6, 6.07) is 8.21. The predicted octanol–water partition coefficient (Wildman–Crippen LogP) is 4.53. The van der Waals surface area contributed by atoms with E-state index in [0.717, 1.165) is 36.9 Å². The van der Waals surface area contributed by atoms with Gasteiger partial charge in [0.2, 0.25) is 0 Å². The molecule has 0 aliphatic heterocycles. The second kappa shape index (κ2) is 12.2. The zero-order valence-electron chi connectivity index (χ0n) is 16.9. The fourth-order valence-corrected chi connectivity index (χ4v) is 3.47. The van der Waals surface area contributed by atoms with Crippen molar-refractivity contribution in [2.75, 3.05) is 27.2 Å². The van der Waals surface area contributed by atoms with E-state index in [1.54, 1.807) is 11.3 Å². The average molecular weight is 502 g/mol. The monoisotopic (exact) mass is 502 g/mol. The van der Waals surface area contributed by atoms with Gasteiger partial charge in [-0.15, -0.1) is 35.3 Å². The SMILES string of the molecule is CCOc1ccc(CN(C)C(=NC)NCCc2csc(C(C)C)n2)cc1.I. The van der Waals surface area contributed by atoms with Crippen LogP contribution in [-0.4, -0.2) is 43.1 Å². The fourth-order valence-electron chi connectivity index (χ4n) is 2.60. The van der Waals surface area contributed by atoms with Crippen molar-refractivity contribution in [2.45, 2.75) is 39.7 Å². The molecule has 2 rings (SSSR count). The fraction of sp³-hybridized carbons (Fsp3) is 0.500. The molecule has 0 saturated heterocycles. The molecule has 0 amide bonds. The summed E-state index contributed by atoms with van der Waals surface area (Å²) < 4.78 is 5.49. The zero-order valence-corrected chi connectivity index (χ0v) is 20.0. The molecule has 1 aromatic carbocycles. The van der Waals surface area contributed by atoms with Crippen LogP contribution >= 0.6 is 35.3 Å². The van der Waals surface area contributed by atoms with Crippen LogP contribution in [0.2, 0.25) is 0 Å². The van der Waals surface area contributed by atoms with Gasteiger partial charge >= 0.3 is 0 Å². The van der Waals surface area contributed by atoms with Gasteiger partial charge in [-0.2, -0.15) is 0 Å². The van der Waals surface area contributed by atoms with E-state index in [2.05, 4.69) is 51.6 Å². The highest BCUT2D eigenvalue weighted by atomic mass is 127. The average Bonchev–Trinajstić information content (AvgIpc) is 3.10. The van der Waals surface area contributed by atoms with Crippen LogP contribution in [0, 0.1) is 0 Å². The number of rotatable bonds is 8. The number of hydrogen-bond acceptors (Lipinski definition) is 4. The van der Waals surface area contributed by atoms with Crippen LogP contribution in [0.25, 0.3) is 0 Å². The normalized spacial score (nSPS) is 11.3. The molecule has 0 spiro atoms. The minimum absolute atomic E-state index is 0. The van der Waals surface area contributed by atoms with Crippen LogP contribution in [0.1, 0.15) is 43.0 Å². The molecular formula is C20H31IN4OS. The van der Waals surface area contributed by atoms with Crippen molar-refractivity contribution in [3.05, 3.63) is 45.9 Å². The van der Waals surface area contributed by atoms with Crippen LogP contribution in [0.15, 0.2) is 34.6 Å². The molecule has 0 radical (unpaired) electrons. The minimum atomic E-state index is 0. The summed E-state index contributed by atoms with van der Waals surface area (Å²) >= 11 is 1.75. The van der Waals surface area contributed by atoms with Crippen molar-refractivity contribution < 1.29 is 4.74 Å². The van der Waals surface area contributed by atoms with Crippen molar-refractivity contribution in [3.63, 3.8) is 0 Å². The quantitative estimate of drug-likeness (QED) is 0.328. The third-order valence-electron chi connectivity index (χ3n) is 3.96. The molecule has 0 atom stereocenters. The largest absolute Gasteiger partial charge is 0.494 e. The Kier molecular flexibility index (Phi) is 10.7. The van der Waals surface area contributed by atoms with Gasteiger partial charge in [-0.25, -0.2) is 4.98 Å². The van der Waals surface area contributed by atoms with Crippen LogP contribution < -0.4 is 10.1 Å². The summed E-state index contributed by atoms with van der Waals surface area (Å²) in [5.74, 6) is 2.29. The van der Waals surface area contributed by atoms with Crippen LogP contribution in [-0.2, 0) is 13.0 Å². The molecule has 0 aliphatic carbocycles. The first-order valence-corrected chi connectivity index (χ1v) is 9.99. The standard InChI is InChI=1S/C20H30N4OS.HI/c1-6-25-18-9-7-16(8-10-18)13-24(5)20(21-4)22-12-11-17-14-26-19(23-17)15(2)3;/h7-10,14-15H,6,11-13H2,1-5H3,(H,21,22);1H. The first-order valence-electron chi connectivity index (χ1n) is 9.11. The molecule has 7 heteroatoms. The number of guanidine groups is 1. The molecule has 0 bridgehead atoms. The zero-order chi connectivity index (χ0) is 18.9. The van der Waals surface area contributed by atoms with E-state index in [1.165, 1.54) is 10.6 Å². The summed E-state index contributed by atoms with van der Waals surface area (Å²) in [6.07, 6.45) is 0.902. The maximum atomic E-state index is 5.49. The molecule has 1 N–H and O–H groups in total. The second-order valence-corrected chi connectivity index (χ2v) is 7.38. The minimum Gasteiger partial charge on any atom is -0.494 e. The van der Waals surface area contributed by atoms with Crippen LogP contribution in [0.4, 0.5) is 0 Å². The Labute approximate surface area is 184 Å². The van der Waals surface area contributed by atoms with E-state index < -0.39 is 0 Å². The lowest BCUT2D eigenvalue weighted by Gasteiger charge is -2.22. The molecule has 0 saturated carbocycles. The molecule has 0 fully saturated rings. The lowest BCUT2D eigenvalue weighted by atomic mass is 10.2. The number of thiazole rings is 1. The van der Waals surface area contributed by atoms with E-state index in [-0.39, 0.29) is 24.0 Å². The second-order valence-electron chi connectivity index (χ2n) is 6.49. The van der Waals surface area contributed by atoms with Gasteiger partial charge in [-0.3, -0.25) is 4.99 Å². The molecule has 27 heavy (non-hydrogen) atoms. The van der Waals surface area contributed by atoms with Gasteiger partial charge < -0.3 is 15.0 Å². The Balaban J connectivity index is 0.00000364. The Bertz CT molecular complexity index is 700. The van der Waals surface area contributed by atoms with Crippen molar-refractivity contribution in [1.29, 1.82) is 0 Å². The highest BCUT2D eigenvalue weighted by Crippen LogP contribution is 2.19. The molecule has 150 valence electrons. The van der Waals surface area contributed by atoms with E-state index in [4.69, 9.17) is 4.74 Å². The molecular weight excluding hydrogens is 471 g/mol. The van der Waals surface area contributed by atoms with Gasteiger partial charge in [0.25, 0.3) is 0 Å². The predicted molar refractivity (Wildman–Crippen MR) is 126 cm³/mol. The maximum absolute atomic E-state index is 5.49. The molecule has 0 unspecified atom stereocenters. The van der Waals surface area contributed by atoms with Gasteiger partial charge in [0, 0.05) is 44.9 Å². The van der Waals surface area contributed by atoms with Gasteiger partial charge in [-0.05, 0) is 24.6 Å². The third kappa shape index (κ3) is 7.65. The van der Waals surface area contributed by atoms with Gasteiger partial charge in [-0.1, -0.05) is 26.0 Å². The number of halogens is 1. The number of aliphatic imine (C=N–C) groups is 1. The molecule has 1 heterocycles. The molecule has 0 aliphatic rings. The summed E-state index contributed by atoms with van der Waals surface area (Å²) in [4.78, 5) is 11.2. The van der Waals surface area contributed by atoms with E-state index in [1.807, 2.05) is 33.2 Å². The van der Waals surface area contributed by atoms with Gasteiger partial charge in [0.15, 0.2) is 5.96 Å². The smallest absolute Gasteiger partial charge is 0.193 e. The van der Waals surface area contributed by atoms with E-state index >= 15 is 0 Å². The van der Waals surface area contributed by atoms with Gasteiger partial charge in [0.1, 0.15) is 5.75 Å². The van der Waals surface area contributed by atoms with Crippen molar-refractivity contribution in [3.8, 4) is 5.75 Å². The molecule has 5 nitrogen and oxygen atoms in total. The lowest BCUT2D eigenvalue weighted by molar-refractivity contribution is 0.340. The number of nitrogens with one attached hydrogen (secondary N) is 1. The third-order valence-corrected chi connectivity index (χ3v) is 5.15. The van der Waals surface area contributed by atoms with Crippen molar-refractivity contribution in [2.24, 2.45) is 4.99 Å². The van der Waals surface area contributed by atoms with Crippen molar-refractivity contribution >= 4 is 41.3 Å². The number of ether oxygens (including phenoxy) is 1. The topological polar surface area (TPSA) is 49.8 Å². The first-order chi connectivity index (χ1) is 12.5. The number of hydrogen-bond donors (Lipinski definition) is 1. The Hall–Kier alpha value is -1.35. The summed E-state index contributed by atoms with van der Waals surface area (Å²) in [6.45, 7) is 8.65. The Morgan fingerprint density at radius 3 is 2.56 bits per heavy atom. The van der Waals surface area contributed by atoms with E-state index in [9.17, 15) is 0 Å².